The molecule has 1 aromatic carbocycles. The Hall–Kier alpha value is -2.15. The van der Waals surface area contributed by atoms with Crippen LogP contribution in [-0.4, -0.2) is 67.5 Å². The third-order valence-corrected chi connectivity index (χ3v) is 4.63. The molecule has 0 saturated carbocycles. The van der Waals surface area contributed by atoms with E-state index in [2.05, 4.69) is 20.1 Å². The zero-order chi connectivity index (χ0) is 18.2. The summed E-state index contributed by atoms with van der Waals surface area (Å²) in [5.74, 6) is 0.827. The molecule has 140 valence electrons. The number of anilines is 1. The van der Waals surface area contributed by atoms with E-state index in [-0.39, 0.29) is 0 Å². The SMILES string of the molecule is COc1ccc(N(Cc2ccccn2)CC(O)CN2CCNCC2)cc1. The van der Waals surface area contributed by atoms with Crippen molar-refractivity contribution in [2.75, 3.05) is 51.3 Å². The maximum Gasteiger partial charge on any atom is 0.119 e. The molecular formula is C20H28N4O2. The molecule has 1 aliphatic heterocycles. The summed E-state index contributed by atoms with van der Waals surface area (Å²) in [4.78, 5) is 8.92. The molecular weight excluding hydrogens is 328 g/mol. The monoisotopic (exact) mass is 356 g/mol. The molecule has 2 aromatic rings. The number of hydrogen-bond donors (Lipinski definition) is 2. The van der Waals surface area contributed by atoms with Crippen LogP contribution >= 0.6 is 0 Å². The van der Waals surface area contributed by atoms with Gasteiger partial charge in [0.05, 0.1) is 25.5 Å². The predicted molar refractivity (Wildman–Crippen MR) is 104 cm³/mol. The van der Waals surface area contributed by atoms with Crippen molar-refractivity contribution in [1.82, 2.24) is 15.2 Å². The number of rotatable bonds is 8. The Bertz CT molecular complexity index is 645. The van der Waals surface area contributed by atoms with Crippen LogP contribution in [0.2, 0.25) is 0 Å². The van der Waals surface area contributed by atoms with Gasteiger partial charge < -0.3 is 20.1 Å². The Kier molecular flexibility index (Phi) is 6.82. The third kappa shape index (κ3) is 5.42. The molecule has 1 aromatic heterocycles. The van der Waals surface area contributed by atoms with Crippen molar-refractivity contribution in [2.24, 2.45) is 0 Å². The molecule has 2 heterocycles. The molecule has 26 heavy (non-hydrogen) atoms. The number of aromatic nitrogens is 1. The van der Waals surface area contributed by atoms with Gasteiger partial charge in [0.25, 0.3) is 0 Å². The van der Waals surface area contributed by atoms with Crippen LogP contribution in [0.15, 0.2) is 48.7 Å². The van der Waals surface area contributed by atoms with E-state index in [1.807, 2.05) is 42.5 Å². The molecule has 0 aliphatic carbocycles. The Morgan fingerprint density at radius 1 is 1.19 bits per heavy atom. The summed E-state index contributed by atoms with van der Waals surface area (Å²) in [5.41, 5.74) is 2.04. The lowest BCUT2D eigenvalue weighted by Gasteiger charge is -2.32. The fourth-order valence-electron chi connectivity index (χ4n) is 3.25. The van der Waals surface area contributed by atoms with Crippen molar-refractivity contribution in [1.29, 1.82) is 0 Å². The molecule has 1 atom stereocenters. The fourth-order valence-corrected chi connectivity index (χ4v) is 3.25. The van der Waals surface area contributed by atoms with E-state index in [0.717, 1.165) is 43.3 Å². The molecule has 0 radical (unpaired) electrons. The summed E-state index contributed by atoms with van der Waals surface area (Å²) in [6.45, 7) is 5.86. The highest BCUT2D eigenvalue weighted by atomic mass is 16.5. The predicted octanol–water partition coefficient (Wildman–Crippen LogP) is 1.36. The lowest BCUT2D eigenvalue weighted by atomic mass is 10.2. The standard InChI is InChI=1S/C20H28N4O2/c1-26-20-7-5-18(6-8-20)24(14-17-4-2-3-9-22-17)16-19(25)15-23-12-10-21-11-13-23/h2-9,19,21,25H,10-16H2,1H3. The largest absolute Gasteiger partial charge is 0.497 e. The highest BCUT2D eigenvalue weighted by molar-refractivity contribution is 5.49. The minimum atomic E-state index is -0.418. The van der Waals surface area contributed by atoms with E-state index in [0.29, 0.717) is 19.6 Å². The van der Waals surface area contributed by atoms with Gasteiger partial charge in [0, 0.05) is 51.2 Å². The van der Waals surface area contributed by atoms with Gasteiger partial charge in [-0.3, -0.25) is 9.88 Å². The average Bonchev–Trinajstić information content (AvgIpc) is 2.69. The van der Waals surface area contributed by atoms with Crippen molar-refractivity contribution in [2.45, 2.75) is 12.6 Å². The number of nitrogens with zero attached hydrogens (tertiary/aromatic N) is 3. The molecule has 6 nitrogen and oxygen atoms in total. The molecule has 2 N–H and O–H groups in total. The fraction of sp³-hybridized carbons (Fsp3) is 0.450. The van der Waals surface area contributed by atoms with E-state index >= 15 is 0 Å². The van der Waals surface area contributed by atoms with Crippen molar-refractivity contribution in [3.63, 3.8) is 0 Å². The molecule has 0 amide bonds. The highest BCUT2D eigenvalue weighted by Gasteiger charge is 2.18. The summed E-state index contributed by atoms with van der Waals surface area (Å²) in [6, 6.07) is 13.9. The first kappa shape index (κ1) is 18.6. The smallest absolute Gasteiger partial charge is 0.119 e. The Labute approximate surface area is 155 Å². The van der Waals surface area contributed by atoms with Crippen LogP contribution in [-0.2, 0) is 6.54 Å². The Balaban J connectivity index is 1.68. The van der Waals surface area contributed by atoms with Gasteiger partial charge in [0.15, 0.2) is 0 Å². The number of piperazine rings is 1. The van der Waals surface area contributed by atoms with Crippen LogP contribution in [0.3, 0.4) is 0 Å². The van der Waals surface area contributed by atoms with Gasteiger partial charge in [-0.25, -0.2) is 0 Å². The number of ether oxygens (including phenoxy) is 1. The van der Waals surface area contributed by atoms with Gasteiger partial charge >= 0.3 is 0 Å². The first-order chi connectivity index (χ1) is 12.7. The maximum absolute atomic E-state index is 10.7. The summed E-state index contributed by atoms with van der Waals surface area (Å²) in [5, 5.41) is 14.0. The van der Waals surface area contributed by atoms with Crippen LogP contribution in [0.5, 0.6) is 5.75 Å². The molecule has 1 unspecified atom stereocenters. The summed E-state index contributed by atoms with van der Waals surface area (Å²) < 4.78 is 5.26. The van der Waals surface area contributed by atoms with Crippen LogP contribution in [0.1, 0.15) is 5.69 Å². The second-order valence-electron chi connectivity index (χ2n) is 6.60. The number of pyridine rings is 1. The van der Waals surface area contributed by atoms with Crippen LogP contribution < -0.4 is 15.0 Å². The topological polar surface area (TPSA) is 60.9 Å². The van der Waals surface area contributed by atoms with Crippen molar-refractivity contribution >= 4 is 5.69 Å². The number of benzene rings is 1. The minimum Gasteiger partial charge on any atom is -0.497 e. The minimum absolute atomic E-state index is 0.418. The van der Waals surface area contributed by atoms with Crippen molar-refractivity contribution in [3.05, 3.63) is 54.4 Å². The zero-order valence-corrected chi connectivity index (χ0v) is 15.3. The van der Waals surface area contributed by atoms with Crippen LogP contribution in [0.4, 0.5) is 5.69 Å². The Morgan fingerprint density at radius 3 is 2.62 bits per heavy atom. The maximum atomic E-state index is 10.7. The third-order valence-electron chi connectivity index (χ3n) is 4.63. The van der Waals surface area contributed by atoms with Crippen LogP contribution in [0, 0.1) is 0 Å². The van der Waals surface area contributed by atoms with Crippen molar-refractivity contribution in [3.8, 4) is 5.75 Å². The quantitative estimate of drug-likeness (QED) is 0.745. The lowest BCUT2D eigenvalue weighted by molar-refractivity contribution is 0.109. The summed E-state index contributed by atoms with van der Waals surface area (Å²) in [7, 11) is 1.66. The Morgan fingerprint density at radius 2 is 1.96 bits per heavy atom. The molecule has 0 bridgehead atoms. The normalized spacial score (nSPS) is 16.2. The van der Waals surface area contributed by atoms with E-state index in [4.69, 9.17) is 4.74 Å². The van der Waals surface area contributed by atoms with Gasteiger partial charge in [0.1, 0.15) is 5.75 Å². The second-order valence-corrected chi connectivity index (χ2v) is 6.60. The summed E-state index contributed by atoms with van der Waals surface area (Å²) >= 11 is 0. The molecule has 3 rings (SSSR count). The van der Waals surface area contributed by atoms with Gasteiger partial charge in [-0.05, 0) is 36.4 Å². The molecule has 0 spiro atoms. The number of β-amino-alcohol motifs (C(OH)–C–C–N with tert-alkyl or cyclic N) is 1. The average molecular weight is 356 g/mol. The first-order valence-corrected chi connectivity index (χ1v) is 9.14. The molecule has 1 aliphatic rings. The zero-order valence-electron chi connectivity index (χ0n) is 15.3. The molecule has 6 heteroatoms. The van der Waals surface area contributed by atoms with E-state index in [9.17, 15) is 5.11 Å². The number of nitrogens with one attached hydrogen (secondary N) is 1. The first-order valence-electron chi connectivity index (χ1n) is 9.14. The van der Waals surface area contributed by atoms with Gasteiger partial charge in [0.2, 0.25) is 0 Å². The van der Waals surface area contributed by atoms with E-state index in [1.54, 1.807) is 13.3 Å². The van der Waals surface area contributed by atoms with E-state index < -0.39 is 6.10 Å². The van der Waals surface area contributed by atoms with Crippen molar-refractivity contribution < 1.29 is 9.84 Å². The molecule has 1 fully saturated rings. The number of hydrogen-bond acceptors (Lipinski definition) is 6. The van der Waals surface area contributed by atoms with Gasteiger partial charge in [-0.2, -0.15) is 0 Å². The van der Waals surface area contributed by atoms with Gasteiger partial charge in [-0.15, -0.1) is 0 Å². The number of aliphatic hydroxyl groups excluding tert-OH is 1. The molecule has 1 saturated heterocycles. The number of aliphatic hydroxyl groups is 1. The lowest BCUT2D eigenvalue weighted by Crippen LogP contribution is -2.48. The van der Waals surface area contributed by atoms with Gasteiger partial charge in [-0.1, -0.05) is 6.07 Å². The highest BCUT2D eigenvalue weighted by Crippen LogP contribution is 2.21. The van der Waals surface area contributed by atoms with E-state index in [1.165, 1.54) is 0 Å². The number of methoxy groups -OCH3 is 1. The summed E-state index contributed by atoms with van der Waals surface area (Å²) in [6.07, 6.45) is 1.39. The second kappa shape index (κ2) is 9.52. The van der Waals surface area contributed by atoms with Crippen LogP contribution in [0.25, 0.3) is 0 Å².